The highest BCUT2D eigenvalue weighted by Gasteiger charge is 2.01. The Morgan fingerprint density at radius 2 is 2.06 bits per heavy atom. The van der Waals surface area contributed by atoms with Gasteiger partial charge >= 0.3 is 0 Å². The number of fused-ring (bicyclic) bond motifs is 1. The summed E-state index contributed by atoms with van der Waals surface area (Å²) < 4.78 is 0. The van der Waals surface area contributed by atoms with E-state index in [-0.39, 0.29) is 0 Å². The Morgan fingerprint density at radius 3 is 2.89 bits per heavy atom. The van der Waals surface area contributed by atoms with Crippen LogP contribution in [0.1, 0.15) is 16.7 Å². The number of aromatic nitrogens is 2. The minimum atomic E-state index is 1.11. The van der Waals surface area contributed by atoms with Crippen LogP contribution in [-0.4, -0.2) is 9.97 Å². The number of nitrogens with one attached hydrogen (secondary N) is 1. The number of H-pyrrole nitrogens is 1. The van der Waals surface area contributed by atoms with E-state index in [1.165, 1.54) is 22.0 Å². The predicted octanol–water partition coefficient (Wildman–Crippen LogP) is 4.04. The quantitative estimate of drug-likeness (QED) is 0.712. The molecular weight excluding hydrogens is 220 g/mol. The lowest BCUT2D eigenvalue weighted by Crippen LogP contribution is -1.75. The number of pyridine rings is 1. The minimum absolute atomic E-state index is 1.11. The fourth-order valence-corrected chi connectivity index (χ4v) is 2.13. The summed E-state index contributed by atoms with van der Waals surface area (Å²) in [5.41, 5.74) is 4.80. The lowest BCUT2D eigenvalue weighted by molar-refractivity contribution is 1.32. The van der Waals surface area contributed by atoms with Crippen LogP contribution in [0.3, 0.4) is 0 Å². The Hall–Kier alpha value is -2.35. The lowest BCUT2D eigenvalue weighted by atomic mass is 10.1. The Balaban J connectivity index is 2.01. The van der Waals surface area contributed by atoms with Gasteiger partial charge in [-0.1, -0.05) is 36.4 Å². The van der Waals surface area contributed by atoms with Crippen molar-refractivity contribution in [1.29, 1.82) is 0 Å². The maximum absolute atomic E-state index is 4.10. The summed E-state index contributed by atoms with van der Waals surface area (Å²) in [6.45, 7) is 2.12. The molecule has 18 heavy (non-hydrogen) atoms. The van der Waals surface area contributed by atoms with Gasteiger partial charge in [-0.3, -0.25) is 4.98 Å². The summed E-state index contributed by atoms with van der Waals surface area (Å²) in [6.07, 6.45) is 9.89. The second-order valence-corrected chi connectivity index (χ2v) is 4.36. The van der Waals surface area contributed by atoms with Crippen LogP contribution in [-0.2, 0) is 0 Å². The van der Waals surface area contributed by atoms with Gasteiger partial charge in [-0.15, -0.1) is 0 Å². The Labute approximate surface area is 106 Å². The molecule has 88 valence electrons. The van der Waals surface area contributed by atoms with Gasteiger partial charge in [0.2, 0.25) is 0 Å². The van der Waals surface area contributed by atoms with Crippen LogP contribution in [0.4, 0.5) is 0 Å². The lowest BCUT2D eigenvalue weighted by Gasteiger charge is -1.95. The highest BCUT2D eigenvalue weighted by molar-refractivity contribution is 5.93. The van der Waals surface area contributed by atoms with E-state index in [0.717, 1.165) is 5.56 Å². The summed E-state index contributed by atoms with van der Waals surface area (Å²) in [4.78, 5) is 7.43. The van der Waals surface area contributed by atoms with Crippen LogP contribution in [0.15, 0.2) is 48.9 Å². The average Bonchev–Trinajstić information content (AvgIpc) is 2.82. The molecule has 3 rings (SSSR count). The molecule has 2 aromatic heterocycles. The summed E-state index contributed by atoms with van der Waals surface area (Å²) in [5.74, 6) is 0. The third-order valence-corrected chi connectivity index (χ3v) is 3.10. The van der Waals surface area contributed by atoms with E-state index in [2.05, 4.69) is 47.2 Å². The van der Waals surface area contributed by atoms with Crippen molar-refractivity contribution in [2.75, 3.05) is 0 Å². The first-order chi connectivity index (χ1) is 8.84. The van der Waals surface area contributed by atoms with Gasteiger partial charge in [0.15, 0.2) is 0 Å². The minimum Gasteiger partial charge on any atom is -0.360 e. The molecule has 0 radical (unpaired) electrons. The summed E-state index contributed by atoms with van der Waals surface area (Å²) in [7, 11) is 0. The third kappa shape index (κ3) is 1.93. The van der Waals surface area contributed by atoms with Crippen molar-refractivity contribution in [2.45, 2.75) is 6.92 Å². The van der Waals surface area contributed by atoms with E-state index in [1.807, 2.05) is 24.5 Å². The molecule has 0 unspecified atom stereocenters. The van der Waals surface area contributed by atoms with Gasteiger partial charge in [-0.2, -0.15) is 0 Å². The molecule has 0 amide bonds. The predicted molar refractivity (Wildman–Crippen MR) is 76.2 cm³/mol. The van der Waals surface area contributed by atoms with Crippen LogP contribution in [0.25, 0.3) is 23.1 Å². The van der Waals surface area contributed by atoms with Crippen molar-refractivity contribution in [3.05, 3.63) is 65.6 Å². The molecular formula is C16H14N2. The molecule has 3 aromatic rings. The molecule has 0 saturated heterocycles. The van der Waals surface area contributed by atoms with E-state index in [1.54, 1.807) is 6.20 Å². The molecule has 2 heterocycles. The first kappa shape index (κ1) is 10.8. The van der Waals surface area contributed by atoms with Crippen LogP contribution >= 0.6 is 0 Å². The number of hydrogen-bond acceptors (Lipinski definition) is 1. The van der Waals surface area contributed by atoms with Gasteiger partial charge in [-0.05, 0) is 29.7 Å². The molecule has 0 fully saturated rings. The number of aromatic amines is 1. The molecule has 0 aliphatic heterocycles. The molecule has 0 atom stereocenters. The van der Waals surface area contributed by atoms with Gasteiger partial charge in [0.1, 0.15) is 0 Å². The maximum Gasteiger partial charge on any atom is 0.0489 e. The molecule has 0 aliphatic rings. The highest BCUT2D eigenvalue weighted by Crippen LogP contribution is 2.22. The SMILES string of the molecule is Cc1cccc2c(/C=C/c3cccnc3)c[nH]c12. The van der Waals surface area contributed by atoms with Crippen molar-refractivity contribution in [1.82, 2.24) is 9.97 Å². The highest BCUT2D eigenvalue weighted by atomic mass is 14.7. The zero-order valence-corrected chi connectivity index (χ0v) is 10.2. The smallest absolute Gasteiger partial charge is 0.0489 e. The Morgan fingerprint density at radius 1 is 1.11 bits per heavy atom. The monoisotopic (exact) mass is 234 g/mol. The fourth-order valence-electron chi connectivity index (χ4n) is 2.13. The number of benzene rings is 1. The normalized spacial score (nSPS) is 11.4. The van der Waals surface area contributed by atoms with Crippen LogP contribution in [0.5, 0.6) is 0 Å². The first-order valence-electron chi connectivity index (χ1n) is 5.99. The molecule has 1 aromatic carbocycles. The maximum atomic E-state index is 4.10. The van der Waals surface area contributed by atoms with Crippen molar-refractivity contribution < 1.29 is 0 Å². The molecule has 0 spiro atoms. The van der Waals surface area contributed by atoms with Gasteiger partial charge in [0, 0.05) is 29.5 Å². The van der Waals surface area contributed by atoms with E-state index in [0.29, 0.717) is 0 Å². The van der Waals surface area contributed by atoms with Gasteiger partial charge in [0.05, 0.1) is 0 Å². The number of hydrogen-bond donors (Lipinski definition) is 1. The summed E-state index contributed by atoms with van der Waals surface area (Å²) in [6, 6.07) is 10.3. The summed E-state index contributed by atoms with van der Waals surface area (Å²) >= 11 is 0. The van der Waals surface area contributed by atoms with Crippen LogP contribution in [0.2, 0.25) is 0 Å². The number of rotatable bonds is 2. The zero-order chi connectivity index (χ0) is 12.4. The number of aryl methyl sites for hydroxylation is 1. The Kier molecular flexibility index (Phi) is 2.69. The van der Waals surface area contributed by atoms with Gasteiger partial charge in [0.25, 0.3) is 0 Å². The van der Waals surface area contributed by atoms with E-state index < -0.39 is 0 Å². The summed E-state index contributed by atoms with van der Waals surface area (Å²) in [5, 5.41) is 1.26. The second-order valence-electron chi connectivity index (χ2n) is 4.36. The topological polar surface area (TPSA) is 28.7 Å². The standard InChI is InChI=1S/C16H14N2/c1-12-4-2-6-15-14(11-18-16(12)15)8-7-13-5-3-9-17-10-13/h2-11,18H,1H3/b8-7+. The van der Waals surface area contributed by atoms with Crippen molar-refractivity contribution in [3.8, 4) is 0 Å². The van der Waals surface area contributed by atoms with E-state index in [4.69, 9.17) is 0 Å². The number of para-hydroxylation sites is 1. The average molecular weight is 234 g/mol. The molecule has 0 saturated carbocycles. The zero-order valence-electron chi connectivity index (χ0n) is 10.2. The largest absolute Gasteiger partial charge is 0.360 e. The van der Waals surface area contributed by atoms with Crippen LogP contribution in [0, 0.1) is 6.92 Å². The van der Waals surface area contributed by atoms with E-state index in [9.17, 15) is 0 Å². The molecule has 0 bridgehead atoms. The van der Waals surface area contributed by atoms with Crippen LogP contribution < -0.4 is 0 Å². The third-order valence-electron chi connectivity index (χ3n) is 3.10. The fraction of sp³-hybridized carbons (Fsp3) is 0.0625. The van der Waals surface area contributed by atoms with Crippen molar-refractivity contribution in [3.63, 3.8) is 0 Å². The molecule has 2 heteroatoms. The second kappa shape index (κ2) is 4.49. The Bertz CT molecular complexity index is 693. The number of nitrogens with zero attached hydrogens (tertiary/aromatic N) is 1. The molecule has 2 nitrogen and oxygen atoms in total. The first-order valence-corrected chi connectivity index (χ1v) is 5.99. The van der Waals surface area contributed by atoms with Crippen molar-refractivity contribution >= 4 is 23.1 Å². The molecule has 1 N–H and O–H groups in total. The van der Waals surface area contributed by atoms with Crippen molar-refractivity contribution in [2.24, 2.45) is 0 Å². The molecule has 0 aliphatic carbocycles. The van der Waals surface area contributed by atoms with Gasteiger partial charge < -0.3 is 4.98 Å². The van der Waals surface area contributed by atoms with E-state index >= 15 is 0 Å². The van der Waals surface area contributed by atoms with Gasteiger partial charge in [-0.25, -0.2) is 0 Å².